The lowest BCUT2D eigenvalue weighted by molar-refractivity contribution is -0.133. The van der Waals surface area contributed by atoms with Crippen molar-refractivity contribution < 1.29 is 4.79 Å². The van der Waals surface area contributed by atoms with Crippen LogP contribution in [0.1, 0.15) is 35.8 Å². The summed E-state index contributed by atoms with van der Waals surface area (Å²) in [4.78, 5) is 22.2. The molecule has 1 saturated heterocycles. The molecule has 0 N–H and O–H groups in total. The number of piperidine rings is 1. The van der Waals surface area contributed by atoms with Gasteiger partial charge in [-0.25, -0.2) is 4.98 Å². The molecular weight excluding hydrogens is 390 g/mol. The lowest BCUT2D eigenvalue weighted by Crippen LogP contribution is -2.45. The van der Waals surface area contributed by atoms with Crippen LogP contribution in [0.2, 0.25) is 0 Å². The number of benzene rings is 2. The zero-order chi connectivity index (χ0) is 20.3. The Morgan fingerprint density at radius 2 is 1.90 bits per heavy atom. The number of hydrogen-bond donors (Lipinski definition) is 0. The van der Waals surface area contributed by atoms with Gasteiger partial charge in [-0.05, 0) is 42.5 Å². The zero-order valence-corrected chi connectivity index (χ0v) is 18.0. The van der Waals surface area contributed by atoms with Crippen LogP contribution in [-0.2, 0) is 4.79 Å². The molecule has 0 saturated carbocycles. The molecule has 1 aromatic heterocycles. The van der Waals surface area contributed by atoms with Crippen molar-refractivity contribution in [3.05, 3.63) is 71.2 Å². The van der Waals surface area contributed by atoms with Crippen molar-refractivity contribution >= 4 is 33.0 Å². The van der Waals surface area contributed by atoms with Gasteiger partial charge in [0.05, 0.1) is 21.8 Å². The van der Waals surface area contributed by atoms with Gasteiger partial charge in [0, 0.05) is 32.1 Å². The van der Waals surface area contributed by atoms with E-state index in [-0.39, 0.29) is 5.91 Å². The Bertz CT molecular complexity index is 1030. The van der Waals surface area contributed by atoms with Crippen molar-refractivity contribution in [2.24, 2.45) is 0 Å². The highest BCUT2D eigenvalue weighted by atomic mass is 32.1. The van der Waals surface area contributed by atoms with E-state index >= 15 is 0 Å². The lowest BCUT2D eigenvalue weighted by atomic mass is 9.98. The monoisotopic (exact) mass is 417 g/mol. The number of rotatable bonds is 4. The summed E-state index contributed by atoms with van der Waals surface area (Å²) in [5.74, 6) is 0.628. The Morgan fingerprint density at radius 1 is 1.07 bits per heavy atom. The first kappa shape index (κ1) is 19.5. The van der Waals surface area contributed by atoms with Gasteiger partial charge < -0.3 is 4.90 Å². The topological polar surface area (TPSA) is 36.4 Å². The van der Waals surface area contributed by atoms with Crippen LogP contribution in [0.4, 0.5) is 0 Å². The second-order valence-corrected chi connectivity index (χ2v) is 9.34. The van der Waals surface area contributed by atoms with Gasteiger partial charge in [0.15, 0.2) is 0 Å². The van der Waals surface area contributed by atoms with Gasteiger partial charge in [0.1, 0.15) is 0 Å². The van der Waals surface area contributed by atoms with Gasteiger partial charge in [-0.3, -0.25) is 9.69 Å². The molecule has 30 heavy (non-hydrogen) atoms. The third-order valence-electron chi connectivity index (χ3n) is 6.23. The van der Waals surface area contributed by atoms with Crippen LogP contribution in [0.25, 0.3) is 15.8 Å². The first-order valence-corrected chi connectivity index (χ1v) is 11.7. The van der Waals surface area contributed by atoms with Gasteiger partial charge in [-0.2, -0.15) is 0 Å². The van der Waals surface area contributed by atoms with Gasteiger partial charge in [-0.15, -0.1) is 11.3 Å². The fourth-order valence-corrected chi connectivity index (χ4v) is 5.62. The predicted octanol–water partition coefficient (Wildman–Crippen LogP) is 4.79. The molecule has 0 aliphatic carbocycles. The first-order valence-electron chi connectivity index (χ1n) is 10.9. The third-order valence-corrected chi connectivity index (χ3v) is 7.43. The molecule has 1 fully saturated rings. The average molecular weight is 418 g/mol. The van der Waals surface area contributed by atoms with E-state index < -0.39 is 0 Å². The van der Waals surface area contributed by atoms with E-state index in [1.165, 1.54) is 20.8 Å². The Kier molecular flexibility index (Phi) is 5.65. The standard InChI is InChI=1S/C25H27N3OS/c29-24(18-27-15-12-20(13-16-27)19-7-2-1-3-8-19)28-14-6-9-21(17-28)25-26-22-10-4-5-11-23(22)30-25/h1-5,7-8,10-12,21H,6,9,13-18H2/t21-/m1/s1. The minimum absolute atomic E-state index is 0.261. The van der Waals surface area contributed by atoms with Crippen molar-refractivity contribution in [1.29, 1.82) is 0 Å². The molecule has 2 aliphatic rings. The minimum Gasteiger partial charge on any atom is -0.341 e. The molecule has 2 aromatic carbocycles. The van der Waals surface area contributed by atoms with E-state index in [0.29, 0.717) is 12.5 Å². The molecule has 1 atom stereocenters. The molecular formula is C25H27N3OS. The van der Waals surface area contributed by atoms with Crippen LogP contribution in [-0.4, -0.2) is 53.4 Å². The Labute approximate surface area is 181 Å². The smallest absolute Gasteiger partial charge is 0.236 e. The SMILES string of the molecule is O=C(CN1CC=C(c2ccccc2)CC1)N1CCC[C@@H](c2nc3ccccc3s2)C1. The summed E-state index contributed by atoms with van der Waals surface area (Å²) in [5.41, 5.74) is 3.78. The van der Waals surface area contributed by atoms with Gasteiger partial charge >= 0.3 is 0 Å². The number of fused-ring (bicyclic) bond motifs is 1. The van der Waals surface area contributed by atoms with E-state index in [4.69, 9.17) is 4.98 Å². The summed E-state index contributed by atoms with van der Waals surface area (Å²) >= 11 is 1.78. The number of carbonyl (C=O) groups excluding carboxylic acids is 1. The second kappa shape index (κ2) is 8.70. The zero-order valence-electron chi connectivity index (χ0n) is 17.2. The second-order valence-electron chi connectivity index (χ2n) is 8.28. The molecule has 0 bridgehead atoms. The highest BCUT2D eigenvalue weighted by molar-refractivity contribution is 7.18. The van der Waals surface area contributed by atoms with Crippen molar-refractivity contribution in [1.82, 2.24) is 14.8 Å². The molecule has 4 nitrogen and oxygen atoms in total. The summed E-state index contributed by atoms with van der Waals surface area (Å²) < 4.78 is 1.24. The normalized spacial score (nSPS) is 20.3. The van der Waals surface area contributed by atoms with Crippen molar-refractivity contribution in [2.45, 2.75) is 25.2 Å². The van der Waals surface area contributed by atoms with E-state index in [1.54, 1.807) is 11.3 Å². The number of carbonyl (C=O) groups is 1. The average Bonchev–Trinajstić information content (AvgIpc) is 3.25. The summed E-state index contributed by atoms with van der Waals surface area (Å²) in [6.07, 6.45) is 5.47. The Morgan fingerprint density at radius 3 is 2.70 bits per heavy atom. The van der Waals surface area contributed by atoms with E-state index in [9.17, 15) is 4.79 Å². The van der Waals surface area contributed by atoms with Crippen molar-refractivity contribution in [3.8, 4) is 0 Å². The summed E-state index contributed by atoms with van der Waals surface area (Å²) in [5, 5.41) is 1.18. The van der Waals surface area contributed by atoms with E-state index in [1.807, 2.05) is 6.07 Å². The molecule has 3 aromatic rings. The molecule has 2 aliphatic heterocycles. The van der Waals surface area contributed by atoms with E-state index in [2.05, 4.69) is 64.4 Å². The van der Waals surface area contributed by atoms with Gasteiger partial charge in [-0.1, -0.05) is 48.5 Å². The molecule has 0 spiro atoms. The molecule has 5 heteroatoms. The van der Waals surface area contributed by atoms with Crippen molar-refractivity contribution in [3.63, 3.8) is 0 Å². The fourth-order valence-electron chi connectivity index (χ4n) is 4.53. The molecule has 3 heterocycles. The summed E-state index contributed by atoms with van der Waals surface area (Å²) in [6.45, 7) is 3.99. The first-order chi connectivity index (χ1) is 14.8. The Hall–Kier alpha value is -2.50. The molecule has 5 rings (SSSR count). The third kappa shape index (κ3) is 4.18. The predicted molar refractivity (Wildman–Crippen MR) is 124 cm³/mol. The molecule has 1 amide bonds. The van der Waals surface area contributed by atoms with Crippen molar-refractivity contribution in [2.75, 3.05) is 32.7 Å². The van der Waals surface area contributed by atoms with E-state index in [0.717, 1.165) is 51.0 Å². The van der Waals surface area contributed by atoms with Gasteiger partial charge in [0.25, 0.3) is 0 Å². The minimum atomic E-state index is 0.261. The lowest BCUT2D eigenvalue weighted by Gasteiger charge is -2.34. The maximum absolute atomic E-state index is 13.0. The Balaban J connectivity index is 1.20. The largest absolute Gasteiger partial charge is 0.341 e. The highest BCUT2D eigenvalue weighted by Gasteiger charge is 2.28. The summed E-state index contributed by atoms with van der Waals surface area (Å²) in [7, 11) is 0. The molecule has 154 valence electrons. The maximum Gasteiger partial charge on any atom is 0.236 e. The van der Waals surface area contributed by atoms with Crippen LogP contribution in [0.15, 0.2) is 60.7 Å². The number of thiazole rings is 1. The highest BCUT2D eigenvalue weighted by Crippen LogP contribution is 2.33. The number of amides is 1. The number of hydrogen-bond acceptors (Lipinski definition) is 4. The van der Waals surface area contributed by atoms with Crippen LogP contribution < -0.4 is 0 Å². The summed E-state index contributed by atoms with van der Waals surface area (Å²) in [6, 6.07) is 18.9. The molecule has 0 unspecified atom stereocenters. The number of nitrogens with zero attached hydrogens (tertiary/aromatic N) is 3. The number of likely N-dealkylation sites (tertiary alicyclic amines) is 1. The quantitative estimate of drug-likeness (QED) is 0.612. The number of para-hydroxylation sites is 1. The number of aromatic nitrogens is 1. The van der Waals surface area contributed by atoms with Crippen LogP contribution in [0.3, 0.4) is 0 Å². The van der Waals surface area contributed by atoms with Crippen LogP contribution in [0.5, 0.6) is 0 Å². The van der Waals surface area contributed by atoms with Gasteiger partial charge in [0.2, 0.25) is 5.91 Å². The van der Waals surface area contributed by atoms with Crippen LogP contribution >= 0.6 is 11.3 Å². The fraction of sp³-hybridized carbons (Fsp3) is 0.360. The maximum atomic E-state index is 13.0. The molecule has 0 radical (unpaired) electrons. The van der Waals surface area contributed by atoms with Crippen LogP contribution in [0, 0.1) is 0 Å².